The fourth-order valence-electron chi connectivity index (χ4n) is 4.10. The van der Waals surface area contributed by atoms with Gasteiger partial charge in [0.15, 0.2) is 11.5 Å². The van der Waals surface area contributed by atoms with Crippen molar-refractivity contribution in [3.63, 3.8) is 0 Å². The molecule has 3 aromatic carbocycles. The monoisotopic (exact) mass is 510 g/mol. The standard InChI is InChI=1S/C28H34N2O5S/c1-7-25(22-10-8-19(2)9-11-22)29-28(31)18-30(23-15-20(3)14-21(4)16-23)36(32,33)24-12-13-26(34-5)27(17-24)35-6/h8-17,25H,7,18H2,1-6H3,(H,29,31)/t25-/m1/s1. The third-order valence-electron chi connectivity index (χ3n) is 5.95. The summed E-state index contributed by atoms with van der Waals surface area (Å²) < 4.78 is 39.5. The number of carbonyl (C=O) groups is 1. The molecule has 1 amide bonds. The van der Waals surface area contributed by atoms with Crippen molar-refractivity contribution in [1.82, 2.24) is 5.32 Å². The van der Waals surface area contributed by atoms with Crippen molar-refractivity contribution >= 4 is 21.6 Å². The Morgan fingerprint density at radius 3 is 2.03 bits per heavy atom. The van der Waals surface area contributed by atoms with Crippen molar-refractivity contribution in [1.29, 1.82) is 0 Å². The Hall–Kier alpha value is -3.52. The highest BCUT2D eigenvalue weighted by atomic mass is 32.2. The van der Waals surface area contributed by atoms with Gasteiger partial charge in [-0.05, 0) is 68.1 Å². The van der Waals surface area contributed by atoms with Gasteiger partial charge in [-0.25, -0.2) is 8.42 Å². The largest absolute Gasteiger partial charge is 0.493 e. The van der Waals surface area contributed by atoms with E-state index in [0.717, 1.165) is 26.6 Å². The maximum atomic E-state index is 13.9. The SMILES string of the molecule is CC[C@@H](NC(=O)CN(c1cc(C)cc(C)c1)S(=O)(=O)c1ccc(OC)c(OC)c1)c1ccc(C)cc1. The average molecular weight is 511 g/mol. The molecule has 0 heterocycles. The number of rotatable bonds is 10. The molecule has 192 valence electrons. The van der Waals surface area contributed by atoms with Crippen LogP contribution in [0.2, 0.25) is 0 Å². The topological polar surface area (TPSA) is 84.9 Å². The van der Waals surface area contributed by atoms with Gasteiger partial charge >= 0.3 is 0 Å². The molecule has 1 N–H and O–H groups in total. The second kappa shape index (κ2) is 11.5. The Morgan fingerprint density at radius 2 is 1.47 bits per heavy atom. The van der Waals surface area contributed by atoms with Crippen LogP contribution in [0.4, 0.5) is 5.69 Å². The predicted molar refractivity (Wildman–Crippen MR) is 142 cm³/mol. The van der Waals surface area contributed by atoms with Crippen LogP contribution in [0.3, 0.4) is 0 Å². The smallest absolute Gasteiger partial charge is 0.264 e. The molecule has 0 radical (unpaired) electrons. The molecule has 0 saturated heterocycles. The van der Waals surface area contributed by atoms with Crippen molar-refractivity contribution in [2.75, 3.05) is 25.1 Å². The Labute approximate surface area is 214 Å². The molecule has 0 unspecified atom stereocenters. The van der Waals surface area contributed by atoms with E-state index in [-0.39, 0.29) is 23.2 Å². The summed E-state index contributed by atoms with van der Waals surface area (Å²) in [5.74, 6) is 0.301. The minimum Gasteiger partial charge on any atom is -0.493 e. The lowest BCUT2D eigenvalue weighted by Gasteiger charge is -2.26. The molecule has 3 aromatic rings. The second-order valence-corrected chi connectivity index (χ2v) is 10.7. The molecule has 0 aliphatic heterocycles. The third kappa shape index (κ3) is 6.18. The number of nitrogens with one attached hydrogen (secondary N) is 1. The molecule has 3 rings (SSSR count). The van der Waals surface area contributed by atoms with Crippen LogP contribution in [-0.4, -0.2) is 35.1 Å². The van der Waals surface area contributed by atoms with Crippen molar-refractivity contribution in [2.24, 2.45) is 0 Å². The molecule has 0 aromatic heterocycles. The fourth-order valence-corrected chi connectivity index (χ4v) is 5.52. The lowest BCUT2D eigenvalue weighted by atomic mass is 10.0. The molecule has 0 aliphatic carbocycles. The van der Waals surface area contributed by atoms with Crippen molar-refractivity contribution in [3.05, 3.63) is 82.9 Å². The van der Waals surface area contributed by atoms with E-state index in [9.17, 15) is 13.2 Å². The summed E-state index contributed by atoms with van der Waals surface area (Å²) in [6.45, 7) is 7.39. The van der Waals surface area contributed by atoms with E-state index in [0.29, 0.717) is 17.9 Å². The van der Waals surface area contributed by atoms with E-state index in [1.807, 2.05) is 58.0 Å². The number of aryl methyl sites for hydroxylation is 3. The summed E-state index contributed by atoms with van der Waals surface area (Å²) in [6.07, 6.45) is 0.667. The number of hydrogen-bond acceptors (Lipinski definition) is 5. The van der Waals surface area contributed by atoms with Crippen molar-refractivity contribution in [2.45, 2.75) is 45.1 Å². The summed E-state index contributed by atoms with van der Waals surface area (Å²) in [7, 11) is -1.19. The molecule has 0 spiro atoms. The number of ether oxygens (including phenoxy) is 2. The van der Waals surface area contributed by atoms with Gasteiger partial charge in [0.2, 0.25) is 5.91 Å². The Kier molecular flexibility index (Phi) is 8.63. The number of benzene rings is 3. The number of methoxy groups -OCH3 is 2. The molecular formula is C28H34N2O5S. The van der Waals surface area contributed by atoms with Gasteiger partial charge < -0.3 is 14.8 Å². The lowest BCUT2D eigenvalue weighted by molar-refractivity contribution is -0.120. The third-order valence-corrected chi connectivity index (χ3v) is 7.72. The summed E-state index contributed by atoms with van der Waals surface area (Å²) in [4.78, 5) is 13.2. The normalized spacial score (nSPS) is 12.1. The number of anilines is 1. The molecule has 7 nitrogen and oxygen atoms in total. The highest BCUT2D eigenvalue weighted by Gasteiger charge is 2.29. The highest BCUT2D eigenvalue weighted by molar-refractivity contribution is 7.92. The second-order valence-electron chi connectivity index (χ2n) is 8.81. The van der Waals surface area contributed by atoms with E-state index in [1.165, 1.54) is 32.4 Å². The Morgan fingerprint density at radius 1 is 0.861 bits per heavy atom. The number of carbonyl (C=O) groups excluding carboxylic acids is 1. The zero-order valence-electron chi connectivity index (χ0n) is 21.7. The van der Waals surface area contributed by atoms with Gasteiger partial charge in [0.1, 0.15) is 6.54 Å². The maximum absolute atomic E-state index is 13.9. The maximum Gasteiger partial charge on any atom is 0.264 e. The van der Waals surface area contributed by atoms with E-state index >= 15 is 0 Å². The van der Waals surface area contributed by atoms with Crippen LogP contribution >= 0.6 is 0 Å². The van der Waals surface area contributed by atoms with Crippen LogP contribution in [0.5, 0.6) is 11.5 Å². The zero-order valence-corrected chi connectivity index (χ0v) is 22.5. The van der Waals surface area contributed by atoms with Gasteiger partial charge in [-0.15, -0.1) is 0 Å². The first kappa shape index (κ1) is 27.1. The zero-order chi connectivity index (χ0) is 26.5. The van der Waals surface area contributed by atoms with Gasteiger partial charge in [0.05, 0.1) is 30.8 Å². The lowest BCUT2D eigenvalue weighted by Crippen LogP contribution is -2.42. The average Bonchev–Trinajstić information content (AvgIpc) is 2.85. The van der Waals surface area contributed by atoms with E-state index in [1.54, 1.807) is 12.1 Å². The molecule has 0 aliphatic rings. The molecular weight excluding hydrogens is 476 g/mol. The minimum atomic E-state index is -4.12. The quantitative estimate of drug-likeness (QED) is 0.411. The van der Waals surface area contributed by atoms with Gasteiger partial charge in [-0.1, -0.05) is 42.8 Å². The number of amides is 1. The highest BCUT2D eigenvalue weighted by Crippen LogP contribution is 2.32. The Balaban J connectivity index is 1.99. The summed E-state index contributed by atoms with van der Waals surface area (Å²) in [5, 5.41) is 3.01. The van der Waals surface area contributed by atoms with Crippen LogP contribution < -0.4 is 19.1 Å². The summed E-state index contributed by atoms with van der Waals surface area (Å²) >= 11 is 0. The van der Waals surface area contributed by atoms with Crippen LogP contribution in [0.15, 0.2) is 65.6 Å². The van der Waals surface area contributed by atoms with Crippen LogP contribution in [-0.2, 0) is 14.8 Å². The molecule has 8 heteroatoms. The van der Waals surface area contributed by atoms with Crippen molar-refractivity contribution in [3.8, 4) is 11.5 Å². The number of nitrogens with zero attached hydrogens (tertiary/aromatic N) is 1. The first-order valence-electron chi connectivity index (χ1n) is 11.8. The summed E-state index contributed by atoms with van der Waals surface area (Å²) in [5.41, 5.74) is 4.30. The van der Waals surface area contributed by atoms with Crippen LogP contribution in [0, 0.1) is 20.8 Å². The molecule has 1 atom stereocenters. The van der Waals surface area contributed by atoms with Gasteiger partial charge in [0, 0.05) is 6.07 Å². The predicted octanol–water partition coefficient (Wildman–Crippen LogP) is 5.09. The number of hydrogen-bond donors (Lipinski definition) is 1. The van der Waals surface area contributed by atoms with E-state index in [2.05, 4.69) is 5.32 Å². The first-order valence-corrected chi connectivity index (χ1v) is 13.2. The van der Waals surface area contributed by atoms with Gasteiger partial charge in [-0.2, -0.15) is 0 Å². The van der Waals surface area contributed by atoms with Crippen molar-refractivity contribution < 1.29 is 22.7 Å². The Bertz CT molecular complexity index is 1300. The molecule has 36 heavy (non-hydrogen) atoms. The van der Waals surface area contributed by atoms with Crippen LogP contribution in [0.1, 0.15) is 41.6 Å². The van der Waals surface area contributed by atoms with Gasteiger partial charge in [0.25, 0.3) is 10.0 Å². The molecule has 0 saturated carbocycles. The van der Waals surface area contributed by atoms with E-state index < -0.39 is 15.9 Å². The van der Waals surface area contributed by atoms with Crippen LogP contribution in [0.25, 0.3) is 0 Å². The first-order chi connectivity index (χ1) is 17.1. The van der Waals surface area contributed by atoms with Gasteiger partial charge in [-0.3, -0.25) is 9.10 Å². The number of sulfonamides is 1. The molecule has 0 fully saturated rings. The molecule has 0 bridgehead atoms. The summed E-state index contributed by atoms with van der Waals surface area (Å²) in [6, 6.07) is 17.6. The fraction of sp³-hybridized carbons (Fsp3) is 0.321. The minimum absolute atomic E-state index is 0.00214. The van der Waals surface area contributed by atoms with E-state index in [4.69, 9.17) is 9.47 Å².